The van der Waals surface area contributed by atoms with Crippen LogP contribution in [-0.2, 0) is 14.3 Å². The van der Waals surface area contributed by atoms with E-state index in [4.69, 9.17) is 9.47 Å². The number of carbonyl (C=O) groups is 3. The van der Waals surface area contributed by atoms with E-state index in [-0.39, 0.29) is 22.8 Å². The monoisotopic (exact) mass is 410 g/mol. The van der Waals surface area contributed by atoms with Crippen LogP contribution in [0.25, 0.3) is 10.9 Å². The van der Waals surface area contributed by atoms with Gasteiger partial charge in [0.1, 0.15) is 0 Å². The zero-order chi connectivity index (χ0) is 20.8. The van der Waals surface area contributed by atoms with E-state index in [2.05, 4.69) is 10.3 Å². The van der Waals surface area contributed by atoms with Gasteiger partial charge in [-0.05, 0) is 30.3 Å². The molecular weight excluding hydrogens is 392 g/mol. The van der Waals surface area contributed by atoms with Crippen LogP contribution < -0.4 is 5.32 Å². The van der Waals surface area contributed by atoms with Crippen LogP contribution in [0, 0.1) is 0 Å². The van der Waals surface area contributed by atoms with Gasteiger partial charge in [-0.2, -0.15) is 0 Å². The van der Waals surface area contributed by atoms with Gasteiger partial charge in [-0.15, -0.1) is 11.8 Å². The molecule has 0 bridgehead atoms. The Morgan fingerprint density at radius 3 is 2.28 bits per heavy atom. The second-order valence-corrected chi connectivity index (χ2v) is 6.96. The van der Waals surface area contributed by atoms with Gasteiger partial charge in [0.2, 0.25) is 5.91 Å². The number of rotatable bonds is 6. The predicted molar refractivity (Wildman–Crippen MR) is 110 cm³/mol. The fourth-order valence-corrected chi connectivity index (χ4v) is 3.55. The summed E-state index contributed by atoms with van der Waals surface area (Å²) in [6, 6.07) is 13.8. The summed E-state index contributed by atoms with van der Waals surface area (Å²) in [7, 11) is 2.47. The molecule has 0 aliphatic heterocycles. The highest BCUT2D eigenvalue weighted by atomic mass is 32.2. The van der Waals surface area contributed by atoms with E-state index in [0.717, 1.165) is 15.8 Å². The fourth-order valence-electron chi connectivity index (χ4n) is 2.71. The molecule has 2 aromatic carbocycles. The van der Waals surface area contributed by atoms with Crippen LogP contribution >= 0.6 is 11.8 Å². The molecule has 0 aliphatic carbocycles. The number of aromatic nitrogens is 1. The Kier molecular flexibility index (Phi) is 6.46. The van der Waals surface area contributed by atoms with Crippen molar-refractivity contribution in [2.75, 3.05) is 25.3 Å². The van der Waals surface area contributed by atoms with E-state index in [1.165, 1.54) is 44.2 Å². The molecule has 1 N–H and O–H groups in total. The van der Waals surface area contributed by atoms with Gasteiger partial charge in [0, 0.05) is 22.2 Å². The highest BCUT2D eigenvalue weighted by Crippen LogP contribution is 2.26. The zero-order valence-electron chi connectivity index (χ0n) is 15.8. The summed E-state index contributed by atoms with van der Waals surface area (Å²) in [5.41, 5.74) is 1.43. The number of carbonyl (C=O) groups excluding carboxylic acids is 3. The number of pyridine rings is 1. The van der Waals surface area contributed by atoms with Crippen LogP contribution in [0.1, 0.15) is 20.7 Å². The molecule has 148 valence electrons. The summed E-state index contributed by atoms with van der Waals surface area (Å²) >= 11 is 1.37. The number of esters is 2. The summed E-state index contributed by atoms with van der Waals surface area (Å²) in [6.07, 6.45) is 1.70. The Balaban J connectivity index is 1.76. The number of ether oxygens (including phenoxy) is 2. The number of hydrogen-bond acceptors (Lipinski definition) is 7. The molecule has 3 aromatic rings. The van der Waals surface area contributed by atoms with Gasteiger partial charge in [-0.25, -0.2) is 9.59 Å². The quantitative estimate of drug-likeness (QED) is 0.491. The number of methoxy groups -OCH3 is 2. The lowest BCUT2D eigenvalue weighted by atomic mass is 10.1. The van der Waals surface area contributed by atoms with Crippen molar-refractivity contribution in [2.45, 2.75) is 4.90 Å². The van der Waals surface area contributed by atoms with Crippen molar-refractivity contribution in [3.63, 3.8) is 0 Å². The van der Waals surface area contributed by atoms with E-state index in [1.54, 1.807) is 6.20 Å². The van der Waals surface area contributed by atoms with Crippen LogP contribution in [-0.4, -0.2) is 42.8 Å². The number of thioether (sulfide) groups is 1. The first kappa shape index (κ1) is 20.3. The van der Waals surface area contributed by atoms with Crippen molar-refractivity contribution >= 4 is 46.2 Å². The minimum Gasteiger partial charge on any atom is -0.465 e. The maximum absolute atomic E-state index is 12.4. The van der Waals surface area contributed by atoms with Crippen LogP contribution in [0.15, 0.2) is 59.6 Å². The third kappa shape index (κ3) is 4.91. The molecule has 0 saturated carbocycles. The van der Waals surface area contributed by atoms with Crippen LogP contribution in [0.5, 0.6) is 0 Å². The third-order valence-electron chi connectivity index (χ3n) is 4.03. The maximum Gasteiger partial charge on any atom is 0.337 e. The molecule has 0 spiro atoms. The molecular formula is C21H18N2O5S. The van der Waals surface area contributed by atoms with Crippen molar-refractivity contribution in [1.82, 2.24) is 4.98 Å². The minimum absolute atomic E-state index is 0.137. The molecule has 1 amide bonds. The minimum atomic E-state index is -0.621. The number of amides is 1. The molecule has 1 heterocycles. The van der Waals surface area contributed by atoms with Crippen molar-refractivity contribution in [3.8, 4) is 0 Å². The molecule has 7 nitrogen and oxygen atoms in total. The molecule has 8 heteroatoms. The van der Waals surface area contributed by atoms with Gasteiger partial charge in [-0.1, -0.05) is 18.2 Å². The van der Waals surface area contributed by atoms with E-state index in [0.29, 0.717) is 5.69 Å². The highest BCUT2D eigenvalue weighted by molar-refractivity contribution is 8.00. The normalized spacial score (nSPS) is 10.4. The molecule has 1 aromatic heterocycles. The van der Waals surface area contributed by atoms with Crippen molar-refractivity contribution < 1.29 is 23.9 Å². The molecule has 0 unspecified atom stereocenters. The first-order valence-electron chi connectivity index (χ1n) is 8.60. The SMILES string of the molecule is COC(=O)c1cc(NC(=O)CSc2ccnc3ccccc23)cc(C(=O)OC)c1. The summed E-state index contributed by atoms with van der Waals surface area (Å²) in [5.74, 6) is -1.38. The Labute approximate surface area is 171 Å². The van der Waals surface area contributed by atoms with Gasteiger partial charge >= 0.3 is 11.9 Å². The van der Waals surface area contributed by atoms with Crippen LogP contribution in [0.2, 0.25) is 0 Å². The van der Waals surface area contributed by atoms with E-state index < -0.39 is 11.9 Å². The molecule has 29 heavy (non-hydrogen) atoms. The lowest BCUT2D eigenvalue weighted by Crippen LogP contribution is -2.16. The van der Waals surface area contributed by atoms with Gasteiger partial charge in [0.25, 0.3) is 0 Å². The fraction of sp³-hybridized carbons (Fsp3) is 0.143. The van der Waals surface area contributed by atoms with Crippen molar-refractivity contribution in [2.24, 2.45) is 0 Å². The second-order valence-electron chi connectivity index (χ2n) is 5.95. The first-order chi connectivity index (χ1) is 14.0. The number of nitrogens with one attached hydrogen (secondary N) is 1. The number of anilines is 1. The zero-order valence-corrected chi connectivity index (χ0v) is 16.6. The predicted octanol–water partition coefficient (Wildman–Crippen LogP) is 3.54. The van der Waals surface area contributed by atoms with E-state index >= 15 is 0 Å². The van der Waals surface area contributed by atoms with E-state index in [1.807, 2.05) is 30.3 Å². The molecule has 0 fully saturated rings. The lowest BCUT2D eigenvalue weighted by molar-refractivity contribution is -0.113. The van der Waals surface area contributed by atoms with Gasteiger partial charge in [0.15, 0.2) is 0 Å². The molecule has 0 atom stereocenters. The Hall–Kier alpha value is -3.39. The number of nitrogens with zero attached hydrogens (tertiary/aromatic N) is 1. The summed E-state index contributed by atoms with van der Waals surface area (Å²) < 4.78 is 9.39. The first-order valence-corrected chi connectivity index (χ1v) is 9.58. The summed E-state index contributed by atoms with van der Waals surface area (Å²) in [4.78, 5) is 41.4. The number of fused-ring (bicyclic) bond motifs is 1. The Bertz CT molecular complexity index is 1040. The standard InChI is InChI=1S/C21H18N2O5S/c1-27-20(25)13-9-14(21(26)28-2)11-15(10-13)23-19(24)12-29-18-7-8-22-17-6-4-3-5-16(17)18/h3-11H,12H2,1-2H3,(H,23,24). The van der Waals surface area contributed by atoms with Gasteiger partial charge < -0.3 is 14.8 Å². The molecule has 0 aliphatic rings. The molecule has 3 rings (SSSR count). The summed E-state index contributed by atoms with van der Waals surface area (Å²) in [6.45, 7) is 0. The molecule has 0 radical (unpaired) electrons. The third-order valence-corrected chi connectivity index (χ3v) is 5.10. The maximum atomic E-state index is 12.4. The van der Waals surface area contributed by atoms with Crippen LogP contribution in [0.4, 0.5) is 5.69 Å². The average Bonchev–Trinajstić information content (AvgIpc) is 2.76. The Morgan fingerprint density at radius 1 is 0.966 bits per heavy atom. The van der Waals surface area contributed by atoms with Gasteiger partial charge in [-0.3, -0.25) is 9.78 Å². The van der Waals surface area contributed by atoms with Crippen LogP contribution in [0.3, 0.4) is 0 Å². The topological polar surface area (TPSA) is 94.6 Å². The molecule has 0 saturated heterocycles. The van der Waals surface area contributed by atoms with Gasteiger partial charge in [0.05, 0.1) is 36.6 Å². The lowest BCUT2D eigenvalue weighted by Gasteiger charge is -2.10. The average molecular weight is 410 g/mol. The van der Waals surface area contributed by atoms with Crippen molar-refractivity contribution in [1.29, 1.82) is 0 Å². The number of benzene rings is 2. The number of para-hydroxylation sites is 1. The smallest absolute Gasteiger partial charge is 0.337 e. The second kappa shape index (κ2) is 9.20. The van der Waals surface area contributed by atoms with Crippen molar-refractivity contribution in [3.05, 3.63) is 65.9 Å². The summed E-state index contributed by atoms with van der Waals surface area (Å²) in [5, 5.41) is 3.67. The van der Waals surface area contributed by atoms with E-state index in [9.17, 15) is 14.4 Å². The largest absolute Gasteiger partial charge is 0.465 e. The Morgan fingerprint density at radius 2 is 1.62 bits per heavy atom. The number of hydrogen-bond donors (Lipinski definition) is 1. The highest BCUT2D eigenvalue weighted by Gasteiger charge is 2.15.